The Labute approximate surface area is 276 Å². The van der Waals surface area contributed by atoms with Gasteiger partial charge in [0, 0.05) is 47.8 Å². The highest BCUT2D eigenvalue weighted by Gasteiger charge is 2.39. The van der Waals surface area contributed by atoms with E-state index in [2.05, 4.69) is 101 Å². The van der Waals surface area contributed by atoms with Crippen LogP contribution >= 0.6 is 0 Å². The van der Waals surface area contributed by atoms with Crippen LogP contribution in [0.25, 0.3) is 0 Å². The monoisotopic (exact) mass is 620 g/mol. The molecule has 2 saturated heterocycles. The molecular formula is C39H52N6O. The Kier molecular flexibility index (Phi) is 12.5. The highest BCUT2D eigenvalue weighted by Crippen LogP contribution is 2.30. The van der Waals surface area contributed by atoms with Crippen molar-refractivity contribution >= 4 is 11.6 Å². The Hall–Kier alpha value is -4.49. The standard InChI is InChI=1S/C28H35N5O.C9H11N.C2H6/c1-19-17-30-20(2)25(14-22-10-6-4-7-11-22)32-28(34)27-16-24(29)18-33(27)21(3)26(31-19)15-23-12-8-5-9-13-23;1-7-6-10-9-5-3-2-4-8(7)9;1-2/h4-13,24-27,30-31H,1-3,14-18,29H2,(H,32,34);2-5,7,10H,6H2,1H3;1-2H3/t24?,25?,26?,27-;;/m1../s1. The van der Waals surface area contributed by atoms with Crippen molar-refractivity contribution in [2.24, 2.45) is 5.73 Å². The molecule has 0 spiro atoms. The first-order valence-corrected chi connectivity index (χ1v) is 16.6. The second-order valence-corrected chi connectivity index (χ2v) is 12.1. The molecule has 0 aromatic heterocycles. The number of rotatable bonds is 4. The van der Waals surface area contributed by atoms with E-state index in [0.717, 1.165) is 35.6 Å². The minimum absolute atomic E-state index is 0.0455. The van der Waals surface area contributed by atoms with E-state index in [1.165, 1.54) is 16.8 Å². The molecule has 46 heavy (non-hydrogen) atoms. The fourth-order valence-electron chi connectivity index (χ4n) is 6.22. The molecule has 1 amide bonds. The Morgan fingerprint density at radius 3 is 2.02 bits per heavy atom. The maximum Gasteiger partial charge on any atom is 0.243 e. The predicted octanol–water partition coefficient (Wildman–Crippen LogP) is 5.70. The minimum Gasteiger partial charge on any atom is -0.384 e. The molecule has 2 fully saturated rings. The number of fused-ring (bicyclic) bond motifs is 2. The number of para-hydroxylation sites is 1. The summed E-state index contributed by atoms with van der Waals surface area (Å²) in [6, 6.07) is 28.1. The molecule has 0 bridgehead atoms. The number of carbonyl (C=O) groups is 1. The number of carbonyl (C=O) groups excluding carboxylic acids is 1. The van der Waals surface area contributed by atoms with Crippen LogP contribution < -0.4 is 27.0 Å². The van der Waals surface area contributed by atoms with Crippen molar-refractivity contribution in [3.63, 3.8) is 0 Å². The molecule has 0 saturated carbocycles. The molecule has 7 nitrogen and oxygen atoms in total. The summed E-state index contributed by atoms with van der Waals surface area (Å²) in [6.45, 7) is 21.3. The van der Waals surface area contributed by atoms with Gasteiger partial charge in [-0.05, 0) is 42.0 Å². The van der Waals surface area contributed by atoms with Gasteiger partial charge in [-0.1, -0.05) is 119 Å². The molecule has 3 aromatic rings. The average molecular weight is 621 g/mol. The van der Waals surface area contributed by atoms with Gasteiger partial charge in [0.25, 0.3) is 0 Å². The smallest absolute Gasteiger partial charge is 0.243 e. The number of amides is 1. The van der Waals surface area contributed by atoms with Crippen LogP contribution in [0.15, 0.2) is 122 Å². The quantitative estimate of drug-likeness (QED) is 0.257. The topological polar surface area (TPSA) is 94.4 Å². The van der Waals surface area contributed by atoms with Crippen molar-refractivity contribution in [3.05, 3.63) is 138 Å². The summed E-state index contributed by atoms with van der Waals surface area (Å²) < 4.78 is 0. The van der Waals surface area contributed by atoms with Gasteiger partial charge in [0.15, 0.2) is 0 Å². The Balaban J connectivity index is 0.000000334. The van der Waals surface area contributed by atoms with Crippen LogP contribution in [0.2, 0.25) is 0 Å². The zero-order valence-electron chi connectivity index (χ0n) is 27.8. The summed E-state index contributed by atoms with van der Waals surface area (Å²) >= 11 is 0. The van der Waals surface area contributed by atoms with E-state index in [1.54, 1.807) is 0 Å². The van der Waals surface area contributed by atoms with Crippen LogP contribution in [0.3, 0.4) is 0 Å². The lowest BCUT2D eigenvalue weighted by molar-refractivity contribution is -0.125. The van der Waals surface area contributed by atoms with E-state index in [-0.39, 0.29) is 30.1 Å². The van der Waals surface area contributed by atoms with E-state index in [1.807, 2.05) is 50.2 Å². The van der Waals surface area contributed by atoms with Crippen LogP contribution in [-0.4, -0.2) is 54.6 Å². The van der Waals surface area contributed by atoms with Gasteiger partial charge in [-0.2, -0.15) is 0 Å². The summed E-state index contributed by atoms with van der Waals surface area (Å²) in [6.07, 6.45) is 1.97. The molecule has 3 aliphatic rings. The van der Waals surface area contributed by atoms with E-state index in [0.29, 0.717) is 31.8 Å². The first-order valence-electron chi connectivity index (χ1n) is 16.6. The largest absolute Gasteiger partial charge is 0.384 e. The molecule has 3 heterocycles. The highest BCUT2D eigenvalue weighted by atomic mass is 16.2. The molecule has 0 radical (unpaired) electrons. The molecule has 244 valence electrons. The van der Waals surface area contributed by atoms with Gasteiger partial charge in [0.2, 0.25) is 5.91 Å². The molecule has 6 rings (SSSR count). The van der Waals surface area contributed by atoms with Crippen LogP contribution in [0, 0.1) is 0 Å². The average Bonchev–Trinajstić information content (AvgIpc) is 3.67. The lowest BCUT2D eigenvalue weighted by Gasteiger charge is -2.36. The molecule has 3 aliphatic heterocycles. The van der Waals surface area contributed by atoms with Gasteiger partial charge in [-0.3, -0.25) is 4.79 Å². The zero-order chi connectivity index (χ0) is 33.1. The molecular weight excluding hydrogens is 568 g/mol. The van der Waals surface area contributed by atoms with Gasteiger partial charge >= 0.3 is 0 Å². The summed E-state index contributed by atoms with van der Waals surface area (Å²) in [5, 5.41) is 13.5. The Morgan fingerprint density at radius 1 is 0.804 bits per heavy atom. The lowest BCUT2D eigenvalue weighted by Crippen LogP contribution is -2.52. The Morgan fingerprint density at radius 2 is 1.39 bits per heavy atom. The zero-order valence-corrected chi connectivity index (χ0v) is 27.8. The fraction of sp³-hybridized carbons (Fsp3) is 0.359. The first kappa shape index (κ1) is 34.4. The maximum atomic E-state index is 13.5. The number of anilines is 1. The van der Waals surface area contributed by atoms with Gasteiger partial charge < -0.3 is 31.9 Å². The summed E-state index contributed by atoms with van der Waals surface area (Å²) in [7, 11) is 0. The van der Waals surface area contributed by atoms with E-state index >= 15 is 0 Å². The van der Waals surface area contributed by atoms with Crippen molar-refractivity contribution < 1.29 is 4.79 Å². The predicted molar refractivity (Wildman–Crippen MR) is 192 cm³/mol. The number of hydrogen-bond acceptors (Lipinski definition) is 6. The van der Waals surface area contributed by atoms with Crippen LogP contribution in [0.1, 0.15) is 49.8 Å². The molecule has 4 unspecified atom stereocenters. The van der Waals surface area contributed by atoms with Crippen molar-refractivity contribution in [2.45, 2.75) is 70.1 Å². The third-order valence-corrected chi connectivity index (χ3v) is 8.71. The number of hydrogen-bond donors (Lipinski definition) is 5. The summed E-state index contributed by atoms with van der Waals surface area (Å²) in [4.78, 5) is 15.6. The molecule has 0 aliphatic carbocycles. The van der Waals surface area contributed by atoms with Crippen molar-refractivity contribution in [2.75, 3.05) is 25.0 Å². The van der Waals surface area contributed by atoms with Crippen LogP contribution in [0.5, 0.6) is 0 Å². The Bertz CT molecular complexity index is 1460. The number of nitrogens with one attached hydrogen (secondary N) is 4. The van der Waals surface area contributed by atoms with Crippen LogP contribution in [0.4, 0.5) is 5.69 Å². The third kappa shape index (κ3) is 9.04. The molecule has 3 aromatic carbocycles. The summed E-state index contributed by atoms with van der Waals surface area (Å²) in [5.41, 5.74) is 13.9. The highest BCUT2D eigenvalue weighted by molar-refractivity contribution is 5.83. The van der Waals surface area contributed by atoms with Gasteiger partial charge in [0.1, 0.15) is 6.04 Å². The van der Waals surface area contributed by atoms with Gasteiger partial charge in [-0.25, -0.2) is 0 Å². The van der Waals surface area contributed by atoms with Crippen LogP contribution in [-0.2, 0) is 17.6 Å². The fourth-order valence-corrected chi connectivity index (χ4v) is 6.22. The molecule has 7 heteroatoms. The van der Waals surface area contributed by atoms with Gasteiger partial charge in [-0.15, -0.1) is 0 Å². The summed E-state index contributed by atoms with van der Waals surface area (Å²) in [5.74, 6) is 0.645. The lowest BCUT2D eigenvalue weighted by atomic mass is 10.0. The third-order valence-electron chi connectivity index (χ3n) is 8.71. The van der Waals surface area contributed by atoms with E-state index in [4.69, 9.17) is 5.73 Å². The SMILES string of the molecule is C=C1CNC(=C)C(Cc2ccccc2)NC(=O)[C@H]2CC(N)CN2C(=C)C(Cc2ccccc2)N1.CC.CC1CNc2ccccc21. The maximum absolute atomic E-state index is 13.5. The number of nitrogens with two attached hydrogens (primary N) is 1. The van der Waals surface area contributed by atoms with E-state index < -0.39 is 0 Å². The van der Waals surface area contributed by atoms with Crippen molar-refractivity contribution in [3.8, 4) is 0 Å². The molecule has 6 N–H and O–H groups in total. The normalized spacial score (nSPS) is 24.1. The van der Waals surface area contributed by atoms with E-state index in [9.17, 15) is 4.79 Å². The minimum atomic E-state index is -0.374. The van der Waals surface area contributed by atoms with Gasteiger partial charge in [0.05, 0.1) is 18.6 Å². The number of benzene rings is 3. The van der Waals surface area contributed by atoms with Crippen molar-refractivity contribution in [1.29, 1.82) is 0 Å². The molecule has 5 atom stereocenters. The number of nitrogens with zero attached hydrogens (tertiary/aromatic N) is 1. The second-order valence-electron chi connectivity index (χ2n) is 12.1. The second kappa shape index (κ2) is 16.7. The van der Waals surface area contributed by atoms with Crippen molar-refractivity contribution in [1.82, 2.24) is 20.9 Å². The first-order chi connectivity index (χ1) is 22.3.